The van der Waals surface area contributed by atoms with E-state index in [4.69, 9.17) is 10.5 Å². The molecule has 14 heavy (non-hydrogen) atoms. The normalized spacial score (nSPS) is 12.8. The minimum Gasteiger partial charge on any atom is -0.383 e. The maximum absolute atomic E-state index is 5.90. The lowest BCUT2D eigenvalue weighted by atomic mass is 10.1. The number of ether oxygens (including phenoxy) is 1. The van der Waals surface area contributed by atoms with Gasteiger partial charge in [-0.05, 0) is 23.4 Å². The molecule has 0 amide bonds. The highest BCUT2D eigenvalue weighted by Gasteiger charge is 2.04. The van der Waals surface area contributed by atoms with Crippen LogP contribution in [0.5, 0.6) is 0 Å². The zero-order chi connectivity index (χ0) is 10.4. The summed E-state index contributed by atoms with van der Waals surface area (Å²) < 4.78 is 5.01. The van der Waals surface area contributed by atoms with Crippen molar-refractivity contribution < 1.29 is 4.74 Å². The fourth-order valence-electron chi connectivity index (χ4n) is 1.25. The summed E-state index contributed by atoms with van der Waals surface area (Å²) in [4.78, 5) is 1.29. The number of hydrogen-bond donors (Lipinski definition) is 1. The first-order chi connectivity index (χ1) is 6.77. The zero-order valence-corrected chi connectivity index (χ0v) is 9.51. The molecule has 3 heteroatoms. The van der Waals surface area contributed by atoms with E-state index in [1.54, 1.807) is 7.11 Å². The van der Waals surface area contributed by atoms with Gasteiger partial charge in [0.05, 0.1) is 12.6 Å². The molecular formula is C11H17NOS. The van der Waals surface area contributed by atoms with Crippen LogP contribution in [0, 0.1) is 0 Å². The largest absolute Gasteiger partial charge is 0.383 e. The van der Waals surface area contributed by atoms with Gasteiger partial charge in [0.2, 0.25) is 0 Å². The molecule has 0 saturated heterocycles. The average molecular weight is 211 g/mol. The van der Waals surface area contributed by atoms with Gasteiger partial charge in [-0.2, -0.15) is 0 Å². The van der Waals surface area contributed by atoms with Crippen LogP contribution >= 0.6 is 11.8 Å². The van der Waals surface area contributed by atoms with Crippen molar-refractivity contribution in [3.05, 3.63) is 29.8 Å². The molecule has 1 unspecified atom stereocenters. The second-order valence-electron chi connectivity index (χ2n) is 3.06. The van der Waals surface area contributed by atoms with Crippen molar-refractivity contribution in [3.8, 4) is 0 Å². The zero-order valence-electron chi connectivity index (χ0n) is 8.69. The quantitative estimate of drug-likeness (QED) is 0.760. The molecule has 0 saturated carbocycles. The van der Waals surface area contributed by atoms with Crippen LogP contribution < -0.4 is 5.73 Å². The van der Waals surface area contributed by atoms with E-state index in [0.29, 0.717) is 6.61 Å². The molecule has 1 atom stereocenters. The number of nitrogens with two attached hydrogens (primary N) is 1. The summed E-state index contributed by atoms with van der Waals surface area (Å²) in [7, 11) is 1.67. The Hall–Kier alpha value is -0.510. The van der Waals surface area contributed by atoms with E-state index in [1.807, 2.05) is 11.8 Å². The second kappa shape index (κ2) is 6.06. The van der Waals surface area contributed by atoms with Crippen LogP contribution in [0.15, 0.2) is 29.2 Å². The van der Waals surface area contributed by atoms with Gasteiger partial charge < -0.3 is 10.5 Å². The predicted octanol–water partition coefficient (Wildman–Crippen LogP) is 2.44. The van der Waals surface area contributed by atoms with E-state index in [-0.39, 0.29) is 6.04 Å². The maximum atomic E-state index is 5.90. The van der Waals surface area contributed by atoms with Gasteiger partial charge in [-0.3, -0.25) is 0 Å². The molecule has 2 N–H and O–H groups in total. The molecule has 0 radical (unpaired) electrons. The molecule has 0 spiro atoms. The van der Waals surface area contributed by atoms with Crippen LogP contribution in [-0.4, -0.2) is 19.5 Å². The molecule has 0 aliphatic heterocycles. The lowest BCUT2D eigenvalue weighted by molar-refractivity contribution is 0.181. The van der Waals surface area contributed by atoms with Gasteiger partial charge in [-0.15, -0.1) is 11.8 Å². The third-order valence-electron chi connectivity index (χ3n) is 1.97. The number of rotatable bonds is 5. The fourth-order valence-corrected chi connectivity index (χ4v) is 1.92. The molecule has 0 heterocycles. The van der Waals surface area contributed by atoms with Crippen molar-refractivity contribution in [2.75, 3.05) is 19.5 Å². The number of hydrogen-bond acceptors (Lipinski definition) is 3. The predicted molar refractivity (Wildman–Crippen MR) is 61.6 cm³/mol. The lowest BCUT2D eigenvalue weighted by Gasteiger charge is -2.10. The van der Waals surface area contributed by atoms with Gasteiger partial charge in [0.1, 0.15) is 0 Å². The van der Waals surface area contributed by atoms with Crippen LogP contribution in [0.3, 0.4) is 0 Å². The molecule has 1 rings (SSSR count). The van der Waals surface area contributed by atoms with E-state index >= 15 is 0 Å². The summed E-state index contributed by atoms with van der Waals surface area (Å²) in [5.74, 6) is 1.10. The Kier molecular flexibility index (Phi) is 5.01. The third-order valence-corrected chi connectivity index (χ3v) is 2.86. The average Bonchev–Trinajstić information content (AvgIpc) is 2.20. The van der Waals surface area contributed by atoms with E-state index in [2.05, 4.69) is 31.2 Å². The van der Waals surface area contributed by atoms with Crippen molar-refractivity contribution >= 4 is 11.8 Å². The molecule has 0 bridgehead atoms. The van der Waals surface area contributed by atoms with Crippen LogP contribution in [0.25, 0.3) is 0 Å². The molecule has 78 valence electrons. The SMILES string of the molecule is CCSc1ccc(C(N)COC)cc1. The Morgan fingerprint density at radius 3 is 2.50 bits per heavy atom. The van der Waals surface area contributed by atoms with E-state index in [1.165, 1.54) is 4.90 Å². The summed E-state index contributed by atoms with van der Waals surface area (Å²) >= 11 is 1.84. The highest BCUT2D eigenvalue weighted by atomic mass is 32.2. The highest BCUT2D eigenvalue weighted by Crippen LogP contribution is 2.19. The second-order valence-corrected chi connectivity index (χ2v) is 4.40. The Labute approximate surface area is 89.8 Å². The first-order valence-electron chi connectivity index (χ1n) is 4.75. The Morgan fingerprint density at radius 1 is 1.36 bits per heavy atom. The van der Waals surface area contributed by atoms with E-state index in [0.717, 1.165) is 11.3 Å². The van der Waals surface area contributed by atoms with E-state index in [9.17, 15) is 0 Å². The Bertz CT molecular complexity index is 260. The summed E-state index contributed by atoms with van der Waals surface area (Å²) in [6, 6.07) is 8.35. The third kappa shape index (κ3) is 3.33. The van der Waals surface area contributed by atoms with Crippen molar-refractivity contribution in [1.29, 1.82) is 0 Å². The first-order valence-corrected chi connectivity index (χ1v) is 5.73. The van der Waals surface area contributed by atoms with Crippen LogP contribution in [0.1, 0.15) is 18.5 Å². The summed E-state index contributed by atoms with van der Waals surface area (Å²) in [5, 5.41) is 0. The highest BCUT2D eigenvalue weighted by molar-refractivity contribution is 7.99. The van der Waals surface area contributed by atoms with Crippen LogP contribution in [0.4, 0.5) is 0 Å². The van der Waals surface area contributed by atoms with Crippen molar-refractivity contribution in [2.24, 2.45) is 5.73 Å². The molecule has 1 aromatic rings. The number of methoxy groups -OCH3 is 1. The van der Waals surface area contributed by atoms with Gasteiger partial charge in [0.15, 0.2) is 0 Å². The standard InChI is InChI=1S/C11H17NOS/c1-3-14-10-6-4-9(5-7-10)11(12)8-13-2/h4-7,11H,3,8,12H2,1-2H3. The summed E-state index contributed by atoms with van der Waals surface area (Å²) in [5.41, 5.74) is 7.03. The summed E-state index contributed by atoms with van der Waals surface area (Å²) in [6.07, 6.45) is 0. The maximum Gasteiger partial charge on any atom is 0.0655 e. The molecule has 1 aromatic carbocycles. The number of benzene rings is 1. The molecule has 2 nitrogen and oxygen atoms in total. The minimum atomic E-state index is -0.0133. The lowest BCUT2D eigenvalue weighted by Crippen LogP contribution is -2.15. The molecule has 0 aliphatic carbocycles. The van der Waals surface area contributed by atoms with Gasteiger partial charge in [-0.1, -0.05) is 19.1 Å². The molecule has 0 aromatic heterocycles. The topological polar surface area (TPSA) is 35.2 Å². The van der Waals surface area contributed by atoms with Gasteiger partial charge in [0, 0.05) is 12.0 Å². The van der Waals surface area contributed by atoms with Gasteiger partial charge in [0.25, 0.3) is 0 Å². The van der Waals surface area contributed by atoms with E-state index < -0.39 is 0 Å². The molecular weight excluding hydrogens is 194 g/mol. The smallest absolute Gasteiger partial charge is 0.0655 e. The van der Waals surface area contributed by atoms with Gasteiger partial charge in [-0.25, -0.2) is 0 Å². The van der Waals surface area contributed by atoms with Crippen molar-refractivity contribution in [2.45, 2.75) is 17.9 Å². The summed E-state index contributed by atoms with van der Waals surface area (Å²) in [6.45, 7) is 2.72. The van der Waals surface area contributed by atoms with Crippen molar-refractivity contribution in [1.82, 2.24) is 0 Å². The Morgan fingerprint density at radius 2 is 2.00 bits per heavy atom. The Balaban J connectivity index is 2.62. The fraction of sp³-hybridized carbons (Fsp3) is 0.455. The van der Waals surface area contributed by atoms with Crippen LogP contribution in [0.2, 0.25) is 0 Å². The monoisotopic (exact) mass is 211 g/mol. The molecule has 0 aliphatic rings. The number of thioether (sulfide) groups is 1. The van der Waals surface area contributed by atoms with Crippen molar-refractivity contribution in [3.63, 3.8) is 0 Å². The van der Waals surface area contributed by atoms with Gasteiger partial charge >= 0.3 is 0 Å². The first kappa shape index (κ1) is 11.6. The molecule has 0 fully saturated rings. The minimum absolute atomic E-state index is 0.0133. The van der Waals surface area contributed by atoms with Crippen LogP contribution in [-0.2, 0) is 4.74 Å².